The number of nitrogens with one attached hydrogen (secondary N) is 1. The van der Waals surface area contributed by atoms with Crippen molar-refractivity contribution < 1.29 is 23.9 Å². The van der Waals surface area contributed by atoms with Crippen molar-refractivity contribution in [3.05, 3.63) is 0 Å². The zero-order valence-electron chi connectivity index (χ0n) is 10.6. The number of carbonyl (C=O) groups is 3. The van der Waals surface area contributed by atoms with Gasteiger partial charge in [-0.25, -0.2) is 4.79 Å². The summed E-state index contributed by atoms with van der Waals surface area (Å²) < 4.78 is 8.94. The van der Waals surface area contributed by atoms with Crippen LogP contribution in [0.3, 0.4) is 0 Å². The summed E-state index contributed by atoms with van der Waals surface area (Å²) in [5.41, 5.74) is 0. The highest BCUT2D eigenvalue weighted by Gasteiger charge is 2.25. The third kappa shape index (κ3) is 6.55. The van der Waals surface area contributed by atoms with Crippen LogP contribution in [0.1, 0.15) is 26.7 Å². The van der Waals surface area contributed by atoms with E-state index in [9.17, 15) is 14.4 Å². The lowest BCUT2D eigenvalue weighted by Crippen LogP contribution is -2.43. The number of hydrogen-bond acceptors (Lipinski definition) is 5. The van der Waals surface area contributed by atoms with Crippen LogP contribution < -0.4 is 5.32 Å². The standard InChI is InChI=1S/C11H19NO5/c1-7(2)5-9(13)12-8(11(15)17-4)6-10(14)16-3/h7-8H,5-6H2,1-4H3,(H,12,13)/t8-/m0/s1. The summed E-state index contributed by atoms with van der Waals surface area (Å²) in [5.74, 6) is -1.36. The molecule has 1 amide bonds. The summed E-state index contributed by atoms with van der Waals surface area (Å²) in [5, 5.41) is 2.45. The van der Waals surface area contributed by atoms with Crippen LogP contribution in [0.25, 0.3) is 0 Å². The first-order chi connectivity index (χ1) is 7.90. The molecule has 0 radical (unpaired) electrons. The Balaban J connectivity index is 4.43. The van der Waals surface area contributed by atoms with Crippen LogP contribution >= 0.6 is 0 Å². The molecule has 98 valence electrons. The van der Waals surface area contributed by atoms with Crippen molar-refractivity contribution >= 4 is 17.8 Å². The number of amides is 1. The Morgan fingerprint density at radius 3 is 2.06 bits per heavy atom. The molecule has 0 aliphatic carbocycles. The van der Waals surface area contributed by atoms with Gasteiger partial charge in [0.2, 0.25) is 5.91 Å². The van der Waals surface area contributed by atoms with Crippen molar-refractivity contribution in [2.75, 3.05) is 14.2 Å². The van der Waals surface area contributed by atoms with E-state index >= 15 is 0 Å². The SMILES string of the molecule is COC(=O)C[C@H](NC(=O)CC(C)C)C(=O)OC. The van der Waals surface area contributed by atoms with Crippen molar-refractivity contribution in [1.29, 1.82) is 0 Å². The maximum Gasteiger partial charge on any atom is 0.328 e. The van der Waals surface area contributed by atoms with E-state index in [0.717, 1.165) is 0 Å². The van der Waals surface area contributed by atoms with E-state index in [0.29, 0.717) is 0 Å². The summed E-state index contributed by atoms with van der Waals surface area (Å²) in [6.07, 6.45) is 0.0572. The zero-order valence-corrected chi connectivity index (χ0v) is 10.6. The van der Waals surface area contributed by atoms with Gasteiger partial charge >= 0.3 is 11.9 Å². The average molecular weight is 245 g/mol. The van der Waals surface area contributed by atoms with Crippen LogP contribution in [0.15, 0.2) is 0 Å². The molecule has 0 bridgehead atoms. The summed E-state index contributed by atoms with van der Waals surface area (Å²) in [6, 6.07) is -0.987. The van der Waals surface area contributed by atoms with Gasteiger partial charge in [-0.3, -0.25) is 9.59 Å². The topological polar surface area (TPSA) is 81.7 Å². The smallest absolute Gasteiger partial charge is 0.328 e. The van der Waals surface area contributed by atoms with E-state index in [-0.39, 0.29) is 24.7 Å². The van der Waals surface area contributed by atoms with Crippen LogP contribution in [0.5, 0.6) is 0 Å². The Morgan fingerprint density at radius 2 is 1.65 bits per heavy atom. The molecule has 6 nitrogen and oxygen atoms in total. The average Bonchev–Trinajstić information content (AvgIpc) is 2.25. The molecule has 1 atom stereocenters. The number of carbonyl (C=O) groups excluding carboxylic acids is 3. The molecule has 0 unspecified atom stereocenters. The third-order valence-electron chi connectivity index (χ3n) is 2.01. The first-order valence-electron chi connectivity index (χ1n) is 5.34. The molecule has 0 aromatic heterocycles. The molecule has 0 aliphatic heterocycles. The fourth-order valence-electron chi connectivity index (χ4n) is 1.21. The van der Waals surface area contributed by atoms with Crippen molar-refractivity contribution in [3.63, 3.8) is 0 Å². The summed E-state index contributed by atoms with van der Waals surface area (Å²) in [7, 11) is 2.41. The predicted molar refractivity (Wildman–Crippen MR) is 60.0 cm³/mol. The largest absolute Gasteiger partial charge is 0.469 e. The molecule has 0 aromatic carbocycles. The normalized spacial score (nSPS) is 11.8. The zero-order chi connectivity index (χ0) is 13.4. The Hall–Kier alpha value is -1.59. The molecule has 0 aliphatic rings. The van der Waals surface area contributed by atoms with E-state index in [1.54, 1.807) is 0 Å². The van der Waals surface area contributed by atoms with Crippen LogP contribution in [0, 0.1) is 5.92 Å². The van der Waals surface area contributed by atoms with Gasteiger partial charge in [-0.1, -0.05) is 13.8 Å². The monoisotopic (exact) mass is 245 g/mol. The molecule has 0 spiro atoms. The fraction of sp³-hybridized carbons (Fsp3) is 0.727. The minimum Gasteiger partial charge on any atom is -0.469 e. The molecule has 0 saturated carbocycles. The van der Waals surface area contributed by atoms with Gasteiger partial charge in [0.25, 0.3) is 0 Å². The van der Waals surface area contributed by atoms with Gasteiger partial charge < -0.3 is 14.8 Å². The van der Waals surface area contributed by atoms with E-state index in [1.165, 1.54) is 14.2 Å². The lowest BCUT2D eigenvalue weighted by Gasteiger charge is -2.16. The molecule has 0 fully saturated rings. The maximum absolute atomic E-state index is 11.5. The van der Waals surface area contributed by atoms with Crippen molar-refractivity contribution in [1.82, 2.24) is 5.32 Å². The first-order valence-corrected chi connectivity index (χ1v) is 5.34. The summed E-state index contributed by atoms with van der Waals surface area (Å²) in [6.45, 7) is 3.76. The summed E-state index contributed by atoms with van der Waals surface area (Å²) >= 11 is 0. The van der Waals surface area contributed by atoms with Crippen LogP contribution in [-0.2, 0) is 23.9 Å². The quantitative estimate of drug-likeness (QED) is 0.678. The number of esters is 2. The molecular weight excluding hydrogens is 226 g/mol. The number of ether oxygens (including phenoxy) is 2. The minimum absolute atomic E-state index is 0.173. The molecule has 1 N–H and O–H groups in total. The molecule has 0 heterocycles. The number of hydrogen-bond donors (Lipinski definition) is 1. The van der Waals surface area contributed by atoms with E-state index in [1.807, 2.05) is 13.8 Å². The second-order valence-electron chi connectivity index (χ2n) is 4.02. The van der Waals surface area contributed by atoms with Gasteiger partial charge in [0.15, 0.2) is 0 Å². The highest BCUT2D eigenvalue weighted by molar-refractivity contribution is 5.88. The number of rotatable bonds is 6. The van der Waals surface area contributed by atoms with Crippen LogP contribution in [-0.4, -0.2) is 38.1 Å². The highest BCUT2D eigenvalue weighted by Crippen LogP contribution is 2.02. The Kier molecular flexibility index (Phi) is 6.93. The van der Waals surface area contributed by atoms with Gasteiger partial charge in [-0.05, 0) is 5.92 Å². The Morgan fingerprint density at radius 1 is 1.06 bits per heavy atom. The molecule has 0 rings (SSSR count). The lowest BCUT2D eigenvalue weighted by molar-refractivity contribution is -0.150. The number of methoxy groups -OCH3 is 2. The summed E-state index contributed by atoms with van der Waals surface area (Å²) in [4.78, 5) is 33.9. The minimum atomic E-state index is -0.987. The van der Waals surface area contributed by atoms with E-state index in [4.69, 9.17) is 0 Å². The van der Waals surface area contributed by atoms with E-state index < -0.39 is 18.0 Å². The Bertz CT molecular complexity index is 288. The van der Waals surface area contributed by atoms with Crippen molar-refractivity contribution in [2.24, 2.45) is 5.92 Å². The van der Waals surface area contributed by atoms with Gasteiger partial charge in [0, 0.05) is 6.42 Å². The van der Waals surface area contributed by atoms with E-state index in [2.05, 4.69) is 14.8 Å². The maximum atomic E-state index is 11.5. The Labute approximate surface area is 101 Å². The van der Waals surface area contributed by atoms with Crippen LogP contribution in [0.4, 0.5) is 0 Å². The highest BCUT2D eigenvalue weighted by atomic mass is 16.5. The van der Waals surface area contributed by atoms with Crippen molar-refractivity contribution in [3.8, 4) is 0 Å². The molecule has 17 heavy (non-hydrogen) atoms. The molecule has 0 saturated heterocycles. The van der Waals surface area contributed by atoms with Crippen LogP contribution in [0.2, 0.25) is 0 Å². The third-order valence-corrected chi connectivity index (χ3v) is 2.01. The van der Waals surface area contributed by atoms with Gasteiger partial charge in [-0.2, -0.15) is 0 Å². The molecule has 0 aromatic rings. The van der Waals surface area contributed by atoms with Gasteiger partial charge in [0.05, 0.1) is 20.6 Å². The van der Waals surface area contributed by atoms with Gasteiger partial charge in [0.1, 0.15) is 6.04 Å². The first kappa shape index (κ1) is 15.4. The molecule has 6 heteroatoms. The van der Waals surface area contributed by atoms with Gasteiger partial charge in [-0.15, -0.1) is 0 Å². The predicted octanol–water partition coefficient (Wildman–Crippen LogP) is 0.253. The lowest BCUT2D eigenvalue weighted by atomic mass is 10.1. The second-order valence-corrected chi connectivity index (χ2v) is 4.02. The fourth-order valence-corrected chi connectivity index (χ4v) is 1.21. The second kappa shape index (κ2) is 7.65. The van der Waals surface area contributed by atoms with Crippen molar-refractivity contribution in [2.45, 2.75) is 32.7 Å². The molecular formula is C11H19NO5.